The van der Waals surface area contributed by atoms with E-state index < -0.39 is 12.1 Å². The second kappa shape index (κ2) is 16.7. The molecule has 1 aliphatic rings. The molecule has 9 nitrogen and oxygen atoms in total. The number of Topliss-reactive ketones (excluding diaryl/α,β-unsaturated/α-hetero) is 1. The molecule has 0 aromatic heterocycles. The zero-order chi connectivity index (χ0) is 29.9. The van der Waals surface area contributed by atoms with Gasteiger partial charge in [-0.15, -0.1) is 0 Å². The van der Waals surface area contributed by atoms with E-state index in [1.165, 1.54) is 0 Å². The van der Waals surface area contributed by atoms with Crippen LogP contribution < -0.4 is 5.32 Å². The Hall–Kier alpha value is -1.55. The zero-order valence-electron chi connectivity index (χ0n) is 26.5. The topological polar surface area (TPSA) is 97.4 Å². The van der Waals surface area contributed by atoms with Crippen molar-refractivity contribution in [2.45, 2.75) is 111 Å². The molecule has 1 N–H and O–H groups in total. The number of hydrogen-bond donors (Lipinski definition) is 1. The third kappa shape index (κ3) is 11.5. The van der Waals surface area contributed by atoms with E-state index in [1.807, 2.05) is 48.5 Å². The van der Waals surface area contributed by atoms with Crippen LogP contribution in [0, 0.1) is 17.8 Å². The van der Waals surface area contributed by atoms with Gasteiger partial charge in [0.25, 0.3) is 0 Å². The van der Waals surface area contributed by atoms with Crippen LogP contribution in [0.4, 0.5) is 0 Å². The van der Waals surface area contributed by atoms with Crippen LogP contribution in [0.2, 0.25) is 0 Å². The first-order chi connectivity index (χ1) is 18.1. The number of carbonyl (C=O) groups excluding carboxylic acids is 3. The molecule has 0 saturated carbocycles. The summed E-state index contributed by atoms with van der Waals surface area (Å²) in [6.45, 7) is 20.9. The van der Waals surface area contributed by atoms with Gasteiger partial charge < -0.3 is 24.4 Å². The van der Waals surface area contributed by atoms with E-state index >= 15 is 0 Å². The van der Waals surface area contributed by atoms with Crippen molar-refractivity contribution in [3.8, 4) is 0 Å². The minimum atomic E-state index is -0.690. The first kappa shape index (κ1) is 35.5. The van der Waals surface area contributed by atoms with E-state index in [0.29, 0.717) is 39.3 Å². The number of nitrogens with zero attached hydrogens (tertiary/aromatic N) is 2. The Labute approximate surface area is 237 Å². The molecule has 0 aromatic carbocycles. The Morgan fingerprint density at radius 3 is 2.08 bits per heavy atom. The molecule has 1 fully saturated rings. The number of ether oxygens (including phenoxy) is 3. The van der Waals surface area contributed by atoms with Gasteiger partial charge in [-0.25, -0.2) is 0 Å². The molecule has 0 unspecified atom stereocenters. The number of hydrogen-bond acceptors (Lipinski definition) is 7. The molecule has 1 saturated heterocycles. The van der Waals surface area contributed by atoms with Gasteiger partial charge in [-0.2, -0.15) is 0 Å². The first-order valence-electron chi connectivity index (χ1n) is 14.7. The quantitative estimate of drug-likeness (QED) is 0.311. The lowest BCUT2D eigenvalue weighted by Gasteiger charge is -2.41. The largest absolute Gasteiger partial charge is 0.379 e. The van der Waals surface area contributed by atoms with Gasteiger partial charge in [-0.1, -0.05) is 48.0 Å². The SMILES string of the molecule is CC[C@H](C)[C@@H]([C@@H](CC(=O)CCOC(C)(C)C)OC)N(C)C(=O)[C@@H](NC(=O)[C@H](C(C)C)N1CCOCC1)C(C)C. The third-order valence-corrected chi connectivity index (χ3v) is 7.62. The Balaban J connectivity index is 3.08. The van der Waals surface area contributed by atoms with Crippen molar-refractivity contribution in [3.05, 3.63) is 0 Å². The number of likely N-dealkylation sites (N-methyl/N-ethyl adjacent to an activating group) is 1. The van der Waals surface area contributed by atoms with Crippen molar-refractivity contribution in [2.24, 2.45) is 17.8 Å². The van der Waals surface area contributed by atoms with Crippen molar-refractivity contribution >= 4 is 17.6 Å². The van der Waals surface area contributed by atoms with Crippen LogP contribution in [0.1, 0.15) is 81.6 Å². The maximum absolute atomic E-state index is 14.0. The number of rotatable bonds is 16. The van der Waals surface area contributed by atoms with E-state index in [2.05, 4.69) is 24.1 Å². The van der Waals surface area contributed by atoms with E-state index in [0.717, 1.165) is 6.42 Å². The second-order valence-corrected chi connectivity index (χ2v) is 12.6. The van der Waals surface area contributed by atoms with Crippen molar-refractivity contribution in [1.29, 1.82) is 0 Å². The van der Waals surface area contributed by atoms with Crippen LogP contribution in [-0.4, -0.2) is 104 Å². The van der Waals surface area contributed by atoms with Crippen molar-refractivity contribution < 1.29 is 28.6 Å². The van der Waals surface area contributed by atoms with Crippen molar-refractivity contribution in [2.75, 3.05) is 47.1 Å². The predicted molar refractivity (Wildman–Crippen MR) is 155 cm³/mol. The normalized spacial score (nSPS) is 18.9. The first-order valence-corrected chi connectivity index (χ1v) is 14.7. The third-order valence-electron chi connectivity index (χ3n) is 7.62. The summed E-state index contributed by atoms with van der Waals surface area (Å²) in [5.74, 6) is -0.204. The predicted octanol–water partition coefficient (Wildman–Crippen LogP) is 3.54. The summed E-state index contributed by atoms with van der Waals surface area (Å²) in [6, 6.07) is -1.35. The van der Waals surface area contributed by atoms with Crippen LogP contribution in [0.5, 0.6) is 0 Å². The molecular weight excluding hydrogens is 498 g/mol. The van der Waals surface area contributed by atoms with E-state index in [-0.39, 0.29) is 59.5 Å². The Morgan fingerprint density at radius 2 is 1.62 bits per heavy atom. The molecule has 228 valence electrons. The highest BCUT2D eigenvalue weighted by atomic mass is 16.5. The molecular formula is C30H57N3O6. The molecule has 1 rings (SSSR count). The number of ketones is 1. The maximum Gasteiger partial charge on any atom is 0.245 e. The van der Waals surface area contributed by atoms with Crippen molar-refractivity contribution in [1.82, 2.24) is 15.1 Å². The molecule has 39 heavy (non-hydrogen) atoms. The number of nitrogens with one attached hydrogen (secondary N) is 1. The summed E-state index contributed by atoms with van der Waals surface area (Å²) in [5.41, 5.74) is -0.306. The monoisotopic (exact) mass is 555 g/mol. The van der Waals surface area contributed by atoms with Crippen LogP contribution in [0.3, 0.4) is 0 Å². The van der Waals surface area contributed by atoms with Gasteiger partial charge in [-0.05, 0) is 38.5 Å². The average molecular weight is 556 g/mol. The second-order valence-electron chi connectivity index (χ2n) is 12.6. The summed E-state index contributed by atoms with van der Waals surface area (Å²) in [4.78, 5) is 44.2. The number of amides is 2. The van der Waals surface area contributed by atoms with Gasteiger partial charge in [0, 0.05) is 40.1 Å². The summed E-state index contributed by atoms with van der Waals surface area (Å²) in [6.07, 6.45) is 0.845. The minimum Gasteiger partial charge on any atom is -0.379 e. The summed E-state index contributed by atoms with van der Waals surface area (Å²) < 4.78 is 17.0. The summed E-state index contributed by atoms with van der Waals surface area (Å²) in [5, 5.41) is 3.09. The average Bonchev–Trinajstić information content (AvgIpc) is 2.85. The lowest BCUT2D eigenvalue weighted by Crippen LogP contribution is -2.60. The Kier molecular flexibility index (Phi) is 15.1. The van der Waals surface area contributed by atoms with Gasteiger partial charge in [0.05, 0.1) is 43.6 Å². The molecule has 0 spiro atoms. The highest BCUT2D eigenvalue weighted by Gasteiger charge is 2.39. The Bertz CT molecular complexity index is 760. The maximum atomic E-state index is 14.0. The van der Waals surface area contributed by atoms with E-state index in [1.54, 1.807) is 19.1 Å². The van der Waals surface area contributed by atoms with Crippen LogP contribution in [-0.2, 0) is 28.6 Å². The zero-order valence-corrected chi connectivity index (χ0v) is 26.5. The molecule has 0 radical (unpaired) electrons. The fourth-order valence-electron chi connectivity index (χ4n) is 5.24. The summed E-state index contributed by atoms with van der Waals surface area (Å²) >= 11 is 0. The fraction of sp³-hybridized carbons (Fsp3) is 0.900. The summed E-state index contributed by atoms with van der Waals surface area (Å²) in [7, 11) is 3.36. The molecule has 2 amide bonds. The fourth-order valence-corrected chi connectivity index (χ4v) is 5.24. The molecule has 1 aliphatic heterocycles. The van der Waals surface area contributed by atoms with Gasteiger partial charge in [0.2, 0.25) is 11.8 Å². The van der Waals surface area contributed by atoms with E-state index in [9.17, 15) is 14.4 Å². The molecule has 1 heterocycles. The van der Waals surface area contributed by atoms with Gasteiger partial charge in [-0.3, -0.25) is 19.3 Å². The molecule has 5 atom stereocenters. The van der Waals surface area contributed by atoms with Crippen LogP contribution in [0.15, 0.2) is 0 Å². The standard InChI is InChI=1S/C30H57N3O6/c1-12-22(6)27(24(37-11)19-23(34)13-16-39-30(7,8)9)32(10)29(36)25(20(2)3)31-28(35)26(21(4)5)33-14-17-38-18-15-33/h20-22,24-27H,12-19H2,1-11H3,(H,31,35)/t22-,24+,25-,26-,27-/m0/s1. The highest BCUT2D eigenvalue weighted by molar-refractivity contribution is 5.90. The van der Waals surface area contributed by atoms with Gasteiger partial charge in [0.15, 0.2) is 0 Å². The number of carbonyl (C=O) groups is 3. The smallest absolute Gasteiger partial charge is 0.245 e. The molecule has 0 aliphatic carbocycles. The minimum absolute atomic E-state index is 0.0410. The number of morpholine rings is 1. The van der Waals surface area contributed by atoms with E-state index in [4.69, 9.17) is 14.2 Å². The molecule has 9 heteroatoms. The van der Waals surface area contributed by atoms with Crippen LogP contribution in [0.25, 0.3) is 0 Å². The lowest BCUT2D eigenvalue weighted by molar-refractivity contribution is -0.145. The lowest BCUT2D eigenvalue weighted by atomic mass is 9.89. The van der Waals surface area contributed by atoms with Crippen LogP contribution >= 0.6 is 0 Å². The highest BCUT2D eigenvalue weighted by Crippen LogP contribution is 2.24. The number of methoxy groups -OCH3 is 1. The van der Waals surface area contributed by atoms with Crippen molar-refractivity contribution in [3.63, 3.8) is 0 Å². The molecule has 0 bridgehead atoms. The van der Waals surface area contributed by atoms with Gasteiger partial charge in [0.1, 0.15) is 11.8 Å². The Morgan fingerprint density at radius 1 is 1.03 bits per heavy atom. The van der Waals surface area contributed by atoms with Gasteiger partial charge >= 0.3 is 0 Å². The molecule has 0 aromatic rings.